The molecule has 1 aliphatic rings. The number of nitrogens with zero attached hydrogens (tertiary/aromatic N) is 3. The average Bonchev–Trinajstić information content (AvgIpc) is 3.91. The molecule has 0 atom stereocenters. The molecule has 0 N–H and O–H groups in total. The minimum atomic E-state index is 0.992. The van der Waals surface area contributed by atoms with Crippen molar-refractivity contribution in [2.24, 2.45) is 0 Å². The number of pyridine rings is 1. The Hall–Kier alpha value is -7.75. The van der Waals surface area contributed by atoms with E-state index in [0.29, 0.717) is 0 Å². The van der Waals surface area contributed by atoms with Crippen LogP contribution in [0.15, 0.2) is 200 Å². The normalized spacial score (nSPS) is 12.1. The second-order valence-electron chi connectivity index (χ2n) is 15.6. The Morgan fingerprint density at radius 2 is 0.862 bits per heavy atom. The first-order chi connectivity index (χ1) is 28.7. The van der Waals surface area contributed by atoms with E-state index in [1.807, 2.05) is 0 Å². The second-order valence-corrected chi connectivity index (χ2v) is 15.6. The summed E-state index contributed by atoms with van der Waals surface area (Å²) in [5.41, 5.74) is 17.8. The second kappa shape index (κ2) is 11.9. The van der Waals surface area contributed by atoms with Gasteiger partial charge in [0.15, 0.2) is 0 Å². The van der Waals surface area contributed by atoms with Crippen LogP contribution in [0.1, 0.15) is 0 Å². The third-order valence-corrected chi connectivity index (χ3v) is 12.4. The van der Waals surface area contributed by atoms with Crippen molar-refractivity contribution in [1.82, 2.24) is 14.1 Å². The summed E-state index contributed by atoms with van der Waals surface area (Å²) in [4.78, 5) is 5.18. The quantitative estimate of drug-likeness (QED) is 0.176. The Bertz CT molecular complexity index is 3660. The summed E-state index contributed by atoms with van der Waals surface area (Å²) in [6.07, 6.45) is 0. The molecule has 3 nitrogen and oxygen atoms in total. The van der Waals surface area contributed by atoms with Crippen molar-refractivity contribution in [3.63, 3.8) is 0 Å². The van der Waals surface area contributed by atoms with E-state index in [9.17, 15) is 0 Å². The minimum absolute atomic E-state index is 0.992. The van der Waals surface area contributed by atoms with E-state index in [-0.39, 0.29) is 0 Å². The first kappa shape index (κ1) is 31.5. The Balaban J connectivity index is 0.934. The van der Waals surface area contributed by atoms with Crippen LogP contribution in [0.2, 0.25) is 0 Å². The van der Waals surface area contributed by atoms with Crippen LogP contribution in [-0.4, -0.2) is 14.1 Å². The van der Waals surface area contributed by atoms with Gasteiger partial charge >= 0.3 is 0 Å². The molecule has 3 heterocycles. The van der Waals surface area contributed by atoms with E-state index in [2.05, 4.69) is 209 Å². The van der Waals surface area contributed by atoms with Crippen LogP contribution < -0.4 is 0 Å². The highest BCUT2D eigenvalue weighted by atomic mass is 15.0. The van der Waals surface area contributed by atoms with Gasteiger partial charge in [-0.3, -0.25) is 0 Å². The minimum Gasteiger partial charge on any atom is -0.309 e. The van der Waals surface area contributed by atoms with E-state index < -0.39 is 0 Å². The molecule has 13 rings (SSSR count). The molecule has 0 spiro atoms. The lowest BCUT2D eigenvalue weighted by atomic mass is 10.00. The standard InChI is InChI=1S/C55H33N3/c1-2-13-39(14-3-1)58-53-28-24-38(31-46(53)47-29-35-11-4-5-12-36(35)32-54(47)58)37-23-27-52-45(30-37)43-17-8-9-20-51(43)57(52)40-25-21-34(22-26-40)50-33-48-42-16-7-6-15-41(42)44-18-10-19-49(56-50)55(44)48/h1-33H. The Morgan fingerprint density at radius 1 is 0.310 bits per heavy atom. The highest BCUT2D eigenvalue weighted by molar-refractivity contribution is 6.16. The lowest BCUT2D eigenvalue weighted by Gasteiger charge is -2.11. The van der Waals surface area contributed by atoms with Gasteiger partial charge in [-0.25, -0.2) is 4.98 Å². The Labute approximate surface area is 334 Å². The SMILES string of the molecule is c1ccc(-n2c3ccc(-c4ccc5c(c4)c4ccccc4n5-c4ccc(-c5cc6c7c(cccc7n5)-c5ccccc5-6)cc4)cc3c3cc4ccccc4cc32)cc1. The number of benzene rings is 9. The van der Waals surface area contributed by atoms with Gasteiger partial charge < -0.3 is 9.13 Å². The molecule has 0 unspecified atom stereocenters. The molecule has 0 saturated heterocycles. The van der Waals surface area contributed by atoms with Gasteiger partial charge in [0.1, 0.15) is 0 Å². The molecule has 0 aliphatic heterocycles. The molecule has 12 aromatic rings. The lowest BCUT2D eigenvalue weighted by molar-refractivity contribution is 1.18. The summed E-state index contributed by atoms with van der Waals surface area (Å²) in [5.74, 6) is 0. The van der Waals surface area contributed by atoms with Gasteiger partial charge in [0, 0.05) is 43.9 Å². The summed E-state index contributed by atoms with van der Waals surface area (Å²) in [6.45, 7) is 0. The molecule has 9 aromatic carbocycles. The molecule has 1 aliphatic carbocycles. The average molecular weight is 736 g/mol. The lowest BCUT2D eigenvalue weighted by Crippen LogP contribution is -1.94. The summed E-state index contributed by atoms with van der Waals surface area (Å²) in [6, 6.07) is 73.2. The van der Waals surface area contributed by atoms with Crippen LogP contribution >= 0.6 is 0 Å². The van der Waals surface area contributed by atoms with Gasteiger partial charge in [0.25, 0.3) is 0 Å². The molecule has 0 fully saturated rings. The summed E-state index contributed by atoms with van der Waals surface area (Å²) in [7, 11) is 0. The predicted octanol–water partition coefficient (Wildman–Crippen LogP) is 14.6. The van der Waals surface area contributed by atoms with Gasteiger partial charge in [0.05, 0.1) is 33.3 Å². The number of hydrogen-bond donors (Lipinski definition) is 0. The van der Waals surface area contributed by atoms with Gasteiger partial charge in [-0.2, -0.15) is 0 Å². The molecule has 0 bridgehead atoms. The summed E-state index contributed by atoms with van der Waals surface area (Å²) < 4.78 is 4.80. The van der Waals surface area contributed by atoms with Crippen molar-refractivity contribution in [1.29, 1.82) is 0 Å². The van der Waals surface area contributed by atoms with E-state index >= 15 is 0 Å². The van der Waals surface area contributed by atoms with Crippen molar-refractivity contribution < 1.29 is 0 Å². The number of hydrogen-bond acceptors (Lipinski definition) is 1. The fourth-order valence-corrected chi connectivity index (χ4v) is 9.78. The molecule has 3 aromatic heterocycles. The Kier molecular flexibility index (Phi) is 6.44. The Morgan fingerprint density at radius 3 is 1.64 bits per heavy atom. The first-order valence-electron chi connectivity index (χ1n) is 20.0. The van der Waals surface area contributed by atoms with Crippen molar-refractivity contribution in [3.8, 4) is 56.0 Å². The monoisotopic (exact) mass is 735 g/mol. The zero-order valence-electron chi connectivity index (χ0n) is 31.4. The van der Waals surface area contributed by atoms with Crippen LogP contribution in [0.4, 0.5) is 0 Å². The van der Waals surface area contributed by atoms with Crippen molar-refractivity contribution in [2.45, 2.75) is 0 Å². The maximum absolute atomic E-state index is 5.18. The molecule has 58 heavy (non-hydrogen) atoms. The largest absolute Gasteiger partial charge is 0.309 e. The van der Waals surface area contributed by atoms with Crippen molar-refractivity contribution in [3.05, 3.63) is 200 Å². The van der Waals surface area contributed by atoms with Crippen LogP contribution in [0, 0.1) is 0 Å². The topological polar surface area (TPSA) is 22.8 Å². The van der Waals surface area contributed by atoms with Gasteiger partial charge in [-0.15, -0.1) is 0 Å². The molecule has 268 valence electrons. The molecule has 0 saturated carbocycles. The highest BCUT2D eigenvalue weighted by Crippen LogP contribution is 2.48. The molecule has 3 heteroatoms. The number of para-hydroxylation sites is 2. The number of aromatic nitrogens is 3. The van der Waals surface area contributed by atoms with Crippen LogP contribution in [-0.2, 0) is 0 Å². The number of fused-ring (bicyclic) bond motifs is 10. The zero-order valence-corrected chi connectivity index (χ0v) is 31.4. The van der Waals surface area contributed by atoms with E-state index in [1.165, 1.54) is 98.8 Å². The van der Waals surface area contributed by atoms with Crippen LogP contribution in [0.3, 0.4) is 0 Å². The van der Waals surface area contributed by atoms with E-state index in [1.54, 1.807) is 0 Å². The van der Waals surface area contributed by atoms with Crippen LogP contribution in [0.25, 0.3) is 121 Å². The van der Waals surface area contributed by atoms with Crippen LogP contribution in [0.5, 0.6) is 0 Å². The predicted molar refractivity (Wildman–Crippen MR) is 243 cm³/mol. The molecule has 0 amide bonds. The molecule has 0 radical (unpaired) electrons. The number of rotatable bonds is 4. The fourth-order valence-electron chi connectivity index (χ4n) is 9.78. The third kappa shape index (κ3) is 4.47. The molecular weight excluding hydrogens is 703 g/mol. The maximum Gasteiger partial charge on any atom is 0.0722 e. The molecular formula is C55H33N3. The highest BCUT2D eigenvalue weighted by Gasteiger charge is 2.23. The first-order valence-corrected chi connectivity index (χ1v) is 20.0. The van der Waals surface area contributed by atoms with Gasteiger partial charge in [-0.05, 0) is 123 Å². The van der Waals surface area contributed by atoms with Crippen molar-refractivity contribution in [2.75, 3.05) is 0 Å². The van der Waals surface area contributed by atoms with E-state index in [4.69, 9.17) is 4.98 Å². The summed E-state index contributed by atoms with van der Waals surface area (Å²) >= 11 is 0. The van der Waals surface area contributed by atoms with E-state index in [0.717, 1.165) is 22.5 Å². The zero-order chi connectivity index (χ0) is 37.9. The van der Waals surface area contributed by atoms with Gasteiger partial charge in [0.2, 0.25) is 0 Å². The summed E-state index contributed by atoms with van der Waals surface area (Å²) in [5, 5.41) is 8.75. The fraction of sp³-hybridized carbons (Fsp3) is 0. The van der Waals surface area contributed by atoms with Gasteiger partial charge in [-0.1, -0.05) is 121 Å². The van der Waals surface area contributed by atoms with Crippen molar-refractivity contribution >= 4 is 65.3 Å². The third-order valence-electron chi connectivity index (χ3n) is 12.4. The smallest absolute Gasteiger partial charge is 0.0722 e. The maximum atomic E-state index is 5.18.